The van der Waals surface area contributed by atoms with Crippen molar-refractivity contribution in [3.8, 4) is 0 Å². The first-order chi connectivity index (χ1) is 6.16. The zero-order valence-corrected chi connectivity index (χ0v) is 6.94. The number of nitrogens with zero attached hydrogens (tertiary/aromatic N) is 1. The summed E-state index contributed by atoms with van der Waals surface area (Å²) < 4.78 is 0. The first-order valence-electron chi connectivity index (χ1n) is 3.57. The normalized spacial score (nSPS) is 9.31. The van der Waals surface area contributed by atoms with Gasteiger partial charge >= 0.3 is 5.97 Å². The van der Waals surface area contributed by atoms with Gasteiger partial charge in [0.25, 0.3) is 5.91 Å². The first kappa shape index (κ1) is 9.18. The largest absolute Gasteiger partial charge is 0.478 e. The summed E-state index contributed by atoms with van der Waals surface area (Å²) in [5, 5.41) is 11.0. The molecule has 0 atom stereocenters. The molecule has 5 nitrogen and oxygen atoms in total. The third-order valence-corrected chi connectivity index (χ3v) is 1.48. The number of nitrogens with one attached hydrogen (secondary N) is 1. The van der Waals surface area contributed by atoms with E-state index in [0.29, 0.717) is 0 Å². The highest BCUT2D eigenvalue weighted by Crippen LogP contribution is 2.04. The van der Waals surface area contributed by atoms with Crippen LogP contribution in [0.1, 0.15) is 20.8 Å². The number of carboxylic acids is 1. The molecule has 0 aliphatic heterocycles. The molecule has 2 N–H and O–H groups in total. The van der Waals surface area contributed by atoms with Crippen LogP contribution in [0.3, 0.4) is 0 Å². The summed E-state index contributed by atoms with van der Waals surface area (Å²) >= 11 is 0. The molecule has 13 heavy (non-hydrogen) atoms. The third kappa shape index (κ3) is 1.81. The van der Waals surface area contributed by atoms with E-state index in [1.807, 2.05) is 0 Å². The highest BCUT2D eigenvalue weighted by atomic mass is 16.4. The molecule has 0 radical (unpaired) electrons. The Morgan fingerprint density at radius 1 is 1.54 bits per heavy atom. The molecule has 1 heterocycles. The van der Waals surface area contributed by atoms with Gasteiger partial charge in [-0.3, -0.25) is 9.78 Å². The minimum Gasteiger partial charge on any atom is -0.478 e. The SMILES string of the molecule is CNC(=O)c1ncccc1C(=O)O. The van der Waals surface area contributed by atoms with Crippen molar-refractivity contribution in [2.45, 2.75) is 0 Å². The van der Waals surface area contributed by atoms with E-state index in [1.165, 1.54) is 25.4 Å². The molecule has 68 valence electrons. The lowest BCUT2D eigenvalue weighted by molar-refractivity contribution is 0.0690. The number of carboxylic acid groups (broad SMARTS) is 1. The van der Waals surface area contributed by atoms with Crippen LogP contribution in [0.25, 0.3) is 0 Å². The third-order valence-electron chi connectivity index (χ3n) is 1.48. The number of pyridine rings is 1. The molecule has 0 saturated heterocycles. The van der Waals surface area contributed by atoms with Crippen LogP contribution in [0.2, 0.25) is 0 Å². The van der Waals surface area contributed by atoms with Gasteiger partial charge in [0.05, 0.1) is 5.56 Å². The van der Waals surface area contributed by atoms with E-state index in [-0.39, 0.29) is 11.3 Å². The Labute approximate surface area is 74.4 Å². The van der Waals surface area contributed by atoms with Crippen LogP contribution in [0.4, 0.5) is 0 Å². The number of hydrogen-bond acceptors (Lipinski definition) is 3. The summed E-state index contributed by atoms with van der Waals surface area (Å²) in [6.07, 6.45) is 1.37. The molecule has 0 aliphatic rings. The average Bonchev–Trinajstić information content (AvgIpc) is 2.16. The Hall–Kier alpha value is -1.91. The highest BCUT2D eigenvalue weighted by Gasteiger charge is 2.15. The topological polar surface area (TPSA) is 79.3 Å². The molecular weight excluding hydrogens is 172 g/mol. The van der Waals surface area contributed by atoms with Crippen LogP contribution in [0.5, 0.6) is 0 Å². The molecule has 0 unspecified atom stereocenters. The fourth-order valence-electron chi connectivity index (χ4n) is 0.877. The average molecular weight is 180 g/mol. The van der Waals surface area contributed by atoms with Crippen molar-refractivity contribution in [3.63, 3.8) is 0 Å². The van der Waals surface area contributed by atoms with E-state index in [2.05, 4.69) is 10.3 Å². The maximum Gasteiger partial charge on any atom is 0.338 e. The van der Waals surface area contributed by atoms with E-state index >= 15 is 0 Å². The summed E-state index contributed by atoms with van der Waals surface area (Å²) in [5.41, 5.74) is -0.167. The minimum absolute atomic E-state index is 0.0718. The summed E-state index contributed by atoms with van der Waals surface area (Å²) in [6.45, 7) is 0. The van der Waals surface area contributed by atoms with E-state index in [1.54, 1.807) is 0 Å². The molecule has 5 heteroatoms. The Morgan fingerprint density at radius 3 is 2.77 bits per heavy atom. The number of hydrogen-bond donors (Lipinski definition) is 2. The van der Waals surface area contributed by atoms with Gasteiger partial charge in [-0.05, 0) is 12.1 Å². The minimum atomic E-state index is -1.16. The number of carbonyl (C=O) groups is 2. The molecular formula is C8H8N2O3. The van der Waals surface area contributed by atoms with Crippen molar-refractivity contribution in [2.24, 2.45) is 0 Å². The number of rotatable bonds is 2. The van der Waals surface area contributed by atoms with Crippen molar-refractivity contribution in [1.29, 1.82) is 0 Å². The lowest BCUT2D eigenvalue weighted by Crippen LogP contribution is -2.22. The zero-order chi connectivity index (χ0) is 9.84. The van der Waals surface area contributed by atoms with Gasteiger partial charge < -0.3 is 10.4 Å². The van der Waals surface area contributed by atoms with Crippen LogP contribution in [0, 0.1) is 0 Å². The fraction of sp³-hybridized carbons (Fsp3) is 0.125. The van der Waals surface area contributed by atoms with Gasteiger partial charge in [0.2, 0.25) is 0 Å². The maximum absolute atomic E-state index is 11.1. The van der Waals surface area contributed by atoms with Crippen molar-refractivity contribution < 1.29 is 14.7 Å². The molecule has 0 bridgehead atoms. The van der Waals surface area contributed by atoms with Gasteiger partial charge in [0.15, 0.2) is 0 Å². The van der Waals surface area contributed by atoms with Crippen molar-refractivity contribution in [1.82, 2.24) is 10.3 Å². The molecule has 0 aliphatic carbocycles. The highest BCUT2D eigenvalue weighted by molar-refractivity contribution is 6.03. The molecule has 1 aromatic rings. The molecule has 1 aromatic heterocycles. The maximum atomic E-state index is 11.1. The smallest absolute Gasteiger partial charge is 0.338 e. The fourth-order valence-corrected chi connectivity index (χ4v) is 0.877. The first-order valence-corrected chi connectivity index (χ1v) is 3.57. The Balaban J connectivity index is 3.19. The van der Waals surface area contributed by atoms with Crippen LogP contribution in [-0.4, -0.2) is 29.0 Å². The second-order valence-electron chi connectivity index (χ2n) is 2.28. The van der Waals surface area contributed by atoms with Gasteiger partial charge in [0.1, 0.15) is 5.69 Å². The zero-order valence-electron chi connectivity index (χ0n) is 6.94. The van der Waals surface area contributed by atoms with E-state index in [4.69, 9.17) is 5.11 Å². The standard InChI is InChI=1S/C8H8N2O3/c1-9-7(11)6-5(8(12)13)3-2-4-10-6/h2-4H,1H3,(H,9,11)(H,12,13). The lowest BCUT2D eigenvalue weighted by atomic mass is 10.2. The Kier molecular flexibility index (Phi) is 2.59. The van der Waals surface area contributed by atoms with Crippen LogP contribution >= 0.6 is 0 Å². The second-order valence-corrected chi connectivity index (χ2v) is 2.28. The Morgan fingerprint density at radius 2 is 2.23 bits per heavy atom. The van der Waals surface area contributed by atoms with Gasteiger partial charge in [-0.1, -0.05) is 0 Å². The van der Waals surface area contributed by atoms with Crippen LogP contribution in [0.15, 0.2) is 18.3 Å². The lowest BCUT2D eigenvalue weighted by Gasteiger charge is -2.01. The molecule has 0 fully saturated rings. The summed E-state index contributed by atoms with van der Waals surface area (Å²) in [7, 11) is 1.42. The predicted molar refractivity (Wildman–Crippen MR) is 44.6 cm³/mol. The number of aromatic carboxylic acids is 1. The Bertz CT molecular complexity index is 349. The molecule has 1 rings (SSSR count). The number of aromatic nitrogens is 1. The van der Waals surface area contributed by atoms with Crippen molar-refractivity contribution in [3.05, 3.63) is 29.6 Å². The molecule has 1 amide bonds. The van der Waals surface area contributed by atoms with Crippen LogP contribution < -0.4 is 5.32 Å². The predicted octanol–water partition coefficient (Wildman–Crippen LogP) is 0.139. The quantitative estimate of drug-likeness (QED) is 0.678. The second kappa shape index (κ2) is 3.66. The van der Waals surface area contributed by atoms with Gasteiger partial charge in [-0.15, -0.1) is 0 Å². The molecule has 0 aromatic carbocycles. The van der Waals surface area contributed by atoms with Gasteiger partial charge in [-0.25, -0.2) is 4.79 Å². The number of carbonyl (C=O) groups excluding carboxylic acids is 1. The summed E-state index contributed by atoms with van der Waals surface area (Å²) in [5.74, 6) is -1.66. The summed E-state index contributed by atoms with van der Waals surface area (Å²) in [4.78, 5) is 25.4. The van der Waals surface area contributed by atoms with E-state index in [0.717, 1.165) is 0 Å². The van der Waals surface area contributed by atoms with Crippen LogP contribution in [-0.2, 0) is 0 Å². The monoisotopic (exact) mass is 180 g/mol. The van der Waals surface area contributed by atoms with Crippen molar-refractivity contribution >= 4 is 11.9 Å². The molecule has 0 spiro atoms. The molecule has 0 saturated carbocycles. The van der Waals surface area contributed by atoms with Gasteiger partial charge in [0, 0.05) is 13.2 Å². The van der Waals surface area contributed by atoms with E-state index < -0.39 is 11.9 Å². The summed E-state index contributed by atoms with van der Waals surface area (Å²) in [6, 6.07) is 2.80. The van der Waals surface area contributed by atoms with Crippen molar-refractivity contribution in [2.75, 3.05) is 7.05 Å². The van der Waals surface area contributed by atoms with Gasteiger partial charge in [-0.2, -0.15) is 0 Å². The number of amides is 1. The van der Waals surface area contributed by atoms with E-state index in [9.17, 15) is 9.59 Å².